The molecule has 12 heteroatoms. The number of fused-ring (bicyclic) bond motifs is 5. The molecule has 172 valence electrons. The monoisotopic (exact) mass is 479 g/mol. The van der Waals surface area contributed by atoms with Gasteiger partial charge in [-0.05, 0) is 42.5 Å². The Morgan fingerprint density at radius 2 is 2.03 bits per heavy atom. The third-order valence-corrected chi connectivity index (χ3v) is 5.79. The normalized spacial score (nSPS) is 16.8. The number of hydrogen-bond donors (Lipinski definition) is 2. The molecule has 1 aliphatic heterocycles. The number of nitrogens with one attached hydrogen (secondary N) is 2. The third kappa shape index (κ3) is 3.91. The first-order valence-electron chi connectivity index (χ1n) is 10.1. The minimum absolute atomic E-state index is 0.0397. The van der Waals surface area contributed by atoms with E-state index in [0.29, 0.717) is 36.1 Å². The van der Waals surface area contributed by atoms with Crippen LogP contribution in [0.2, 0.25) is 5.28 Å². The minimum atomic E-state index is -3.02. The highest BCUT2D eigenvalue weighted by Gasteiger charge is 2.34. The molecule has 4 heterocycles. The van der Waals surface area contributed by atoms with Gasteiger partial charge in [0.05, 0.1) is 23.4 Å². The van der Waals surface area contributed by atoms with Crippen molar-refractivity contribution < 1.29 is 27.4 Å². The maximum atomic E-state index is 15.7. The molecule has 3 aromatic rings. The van der Waals surface area contributed by atoms with Crippen LogP contribution in [0, 0.1) is 5.82 Å². The SMILES string of the molecule is C[C@@H]1Cc2[nH]c3c(c2C(=O)N1)CCc1cnc(Oc2nc(Cl)ncc2COC(F)F)c(F)c1-3. The van der Waals surface area contributed by atoms with Crippen LogP contribution >= 0.6 is 11.6 Å². The van der Waals surface area contributed by atoms with E-state index < -0.39 is 24.9 Å². The van der Waals surface area contributed by atoms with Crippen molar-refractivity contribution in [2.45, 2.75) is 45.4 Å². The third-order valence-electron chi connectivity index (χ3n) is 5.61. The summed E-state index contributed by atoms with van der Waals surface area (Å²) in [7, 11) is 0. The number of aromatic nitrogens is 4. The van der Waals surface area contributed by atoms with E-state index in [1.54, 1.807) is 0 Å². The van der Waals surface area contributed by atoms with Gasteiger partial charge in [0.2, 0.25) is 11.2 Å². The van der Waals surface area contributed by atoms with E-state index in [0.717, 1.165) is 17.5 Å². The molecule has 1 amide bonds. The zero-order chi connectivity index (χ0) is 23.3. The van der Waals surface area contributed by atoms with Crippen molar-refractivity contribution in [2.24, 2.45) is 0 Å². The first-order valence-corrected chi connectivity index (χ1v) is 10.5. The van der Waals surface area contributed by atoms with Gasteiger partial charge in [-0.2, -0.15) is 13.8 Å². The van der Waals surface area contributed by atoms with Crippen molar-refractivity contribution in [3.63, 3.8) is 0 Å². The lowest BCUT2D eigenvalue weighted by molar-refractivity contribution is -0.137. The van der Waals surface area contributed by atoms with Gasteiger partial charge in [-0.25, -0.2) is 14.4 Å². The Labute approximate surface area is 190 Å². The summed E-state index contributed by atoms with van der Waals surface area (Å²) in [5, 5.41) is 2.69. The second-order valence-corrected chi connectivity index (χ2v) is 8.17. The molecule has 1 atom stereocenters. The summed E-state index contributed by atoms with van der Waals surface area (Å²) >= 11 is 5.80. The zero-order valence-electron chi connectivity index (χ0n) is 17.2. The largest absolute Gasteiger partial charge is 0.417 e. The van der Waals surface area contributed by atoms with E-state index in [1.807, 2.05) is 6.92 Å². The van der Waals surface area contributed by atoms with Crippen molar-refractivity contribution in [1.82, 2.24) is 25.3 Å². The second-order valence-electron chi connectivity index (χ2n) is 7.83. The van der Waals surface area contributed by atoms with Crippen LogP contribution in [-0.4, -0.2) is 38.5 Å². The molecule has 0 aromatic carbocycles. The molecule has 8 nitrogen and oxygen atoms in total. The summed E-state index contributed by atoms with van der Waals surface area (Å²) in [5.41, 5.74) is 3.52. The fraction of sp³-hybridized carbons (Fsp3) is 0.333. The molecular weight excluding hydrogens is 463 g/mol. The molecule has 3 aromatic heterocycles. The number of carbonyl (C=O) groups excluding carboxylic acids is 1. The van der Waals surface area contributed by atoms with Crippen LogP contribution in [0.1, 0.15) is 39.7 Å². The molecular formula is C21H17ClF3N5O3. The summed E-state index contributed by atoms with van der Waals surface area (Å²) in [6.45, 7) is -1.70. The highest BCUT2D eigenvalue weighted by Crippen LogP contribution is 2.41. The zero-order valence-corrected chi connectivity index (χ0v) is 18.0. The Kier molecular flexibility index (Phi) is 5.45. The number of alkyl halides is 2. The van der Waals surface area contributed by atoms with Crippen LogP contribution < -0.4 is 10.1 Å². The van der Waals surface area contributed by atoms with Crippen LogP contribution in [0.25, 0.3) is 11.3 Å². The van der Waals surface area contributed by atoms with Gasteiger partial charge >= 0.3 is 6.61 Å². The first-order chi connectivity index (χ1) is 15.8. The minimum Gasteiger partial charge on any atom is -0.417 e. The predicted molar refractivity (Wildman–Crippen MR) is 110 cm³/mol. The Morgan fingerprint density at radius 3 is 2.82 bits per heavy atom. The van der Waals surface area contributed by atoms with Gasteiger partial charge in [0.15, 0.2) is 5.82 Å². The molecule has 0 bridgehead atoms. The maximum Gasteiger partial charge on any atom is 0.345 e. The van der Waals surface area contributed by atoms with Gasteiger partial charge in [-0.1, -0.05) is 0 Å². The highest BCUT2D eigenvalue weighted by molar-refractivity contribution is 6.28. The number of nitrogens with zero attached hydrogens (tertiary/aromatic N) is 3. The van der Waals surface area contributed by atoms with E-state index >= 15 is 4.39 Å². The van der Waals surface area contributed by atoms with E-state index in [4.69, 9.17) is 16.3 Å². The number of aryl methyl sites for hydroxylation is 1. The van der Waals surface area contributed by atoms with Gasteiger partial charge < -0.3 is 19.8 Å². The van der Waals surface area contributed by atoms with E-state index in [1.165, 1.54) is 6.20 Å². The molecule has 0 fully saturated rings. The molecule has 5 rings (SSSR count). The van der Waals surface area contributed by atoms with Gasteiger partial charge in [0.1, 0.15) is 0 Å². The molecule has 0 unspecified atom stereocenters. The molecule has 0 radical (unpaired) electrons. The van der Waals surface area contributed by atoms with E-state index in [2.05, 4.69) is 30.0 Å². The van der Waals surface area contributed by atoms with Crippen molar-refractivity contribution >= 4 is 17.5 Å². The smallest absolute Gasteiger partial charge is 0.345 e. The van der Waals surface area contributed by atoms with Crippen molar-refractivity contribution in [2.75, 3.05) is 0 Å². The van der Waals surface area contributed by atoms with Gasteiger partial charge in [0.25, 0.3) is 11.8 Å². The second kappa shape index (κ2) is 8.31. The molecule has 0 saturated heterocycles. The molecule has 0 spiro atoms. The fourth-order valence-electron chi connectivity index (χ4n) is 4.24. The summed E-state index contributed by atoms with van der Waals surface area (Å²) < 4.78 is 50.4. The number of rotatable bonds is 5. The van der Waals surface area contributed by atoms with Crippen molar-refractivity contribution in [3.8, 4) is 23.0 Å². The number of pyridine rings is 1. The van der Waals surface area contributed by atoms with Gasteiger partial charge in [-0.3, -0.25) is 4.79 Å². The van der Waals surface area contributed by atoms with Crippen LogP contribution in [0.3, 0.4) is 0 Å². The number of halogens is 4. The molecule has 2 N–H and O–H groups in total. The number of H-pyrrole nitrogens is 1. The van der Waals surface area contributed by atoms with Crippen LogP contribution in [0.15, 0.2) is 12.4 Å². The first kappa shape index (κ1) is 21.7. The van der Waals surface area contributed by atoms with E-state index in [9.17, 15) is 13.6 Å². The average molecular weight is 480 g/mol. The van der Waals surface area contributed by atoms with Gasteiger partial charge in [-0.15, -0.1) is 0 Å². The quantitative estimate of drug-likeness (QED) is 0.537. The Hall–Kier alpha value is -3.18. The highest BCUT2D eigenvalue weighted by atomic mass is 35.5. The Morgan fingerprint density at radius 1 is 1.21 bits per heavy atom. The molecule has 2 aliphatic rings. The molecule has 0 saturated carbocycles. The number of amides is 1. The summed E-state index contributed by atoms with van der Waals surface area (Å²) in [5.74, 6) is -1.62. The summed E-state index contributed by atoms with van der Waals surface area (Å²) in [6.07, 6.45) is 4.30. The van der Waals surface area contributed by atoms with Crippen molar-refractivity contribution in [3.05, 3.63) is 51.4 Å². The number of carbonyl (C=O) groups is 1. The summed E-state index contributed by atoms with van der Waals surface area (Å²) in [4.78, 5) is 27.4. The topological polar surface area (TPSA) is 102 Å². The van der Waals surface area contributed by atoms with Crippen LogP contribution in [-0.2, 0) is 30.6 Å². The number of ether oxygens (including phenoxy) is 2. The van der Waals surface area contributed by atoms with E-state index in [-0.39, 0.29) is 34.2 Å². The lowest BCUT2D eigenvalue weighted by Gasteiger charge is -2.21. The van der Waals surface area contributed by atoms with Crippen LogP contribution in [0.4, 0.5) is 13.2 Å². The molecule has 1 aliphatic carbocycles. The number of hydrogen-bond acceptors (Lipinski definition) is 6. The Balaban J connectivity index is 1.55. The summed E-state index contributed by atoms with van der Waals surface area (Å²) in [6, 6.07) is -0.0397. The lowest BCUT2D eigenvalue weighted by atomic mass is 9.88. The standard InChI is InChI=1S/C21H17ClF3N5O3/c1-8-4-12-14(17(31)28-8)11-3-2-9-5-26-19(15(23)13(9)16(11)29-12)33-18-10(7-32-21(24)25)6-27-20(22)30-18/h5-6,8,21,29H,2-4,7H2,1H3,(H,28,31)/t8-/m1/s1. The van der Waals surface area contributed by atoms with Crippen molar-refractivity contribution in [1.29, 1.82) is 0 Å². The number of aromatic amines is 1. The lowest BCUT2D eigenvalue weighted by Crippen LogP contribution is -2.39. The average Bonchev–Trinajstić information content (AvgIpc) is 3.13. The maximum absolute atomic E-state index is 15.7. The van der Waals surface area contributed by atoms with Gasteiger partial charge in [0, 0.05) is 36.1 Å². The predicted octanol–water partition coefficient (Wildman–Crippen LogP) is 3.96. The van der Waals surface area contributed by atoms with Crippen LogP contribution in [0.5, 0.6) is 11.8 Å². The molecule has 33 heavy (non-hydrogen) atoms. The fourth-order valence-corrected chi connectivity index (χ4v) is 4.36. The Bertz CT molecular complexity index is 1270.